The van der Waals surface area contributed by atoms with Crippen molar-refractivity contribution in [3.8, 4) is 0 Å². The zero-order chi connectivity index (χ0) is 13.1. The number of aromatic nitrogens is 1. The molecule has 17 heavy (non-hydrogen) atoms. The Bertz CT molecular complexity index is 439. The second-order valence-corrected chi connectivity index (χ2v) is 3.56. The van der Waals surface area contributed by atoms with E-state index in [2.05, 4.69) is 4.98 Å². The van der Waals surface area contributed by atoms with E-state index >= 15 is 0 Å². The number of ketones is 1. The topological polar surface area (TPSA) is 33.2 Å². The van der Waals surface area contributed by atoms with E-state index in [9.17, 15) is 18.0 Å². The van der Waals surface area contributed by atoms with Gasteiger partial charge in [0, 0.05) is 38.8 Å². The van der Waals surface area contributed by atoms with Gasteiger partial charge in [-0.15, -0.1) is 0 Å². The summed E-state index contributed by atoms with van der Waals surface area (Å²) in [6.45, 7) is 0. The summed E-state index contributed by atoms with van der Waals surface area (Å²) in [5.41, 5.74) is -1.42. The van der Waals surface area contributed by atoms with Gasteiger partial charge in [-0.05, 0) is 6.07 Å². The van der Waals surface area contributed by atoms with E-state index in [4.69, 9.17) is 0 Å². The molecule has 0 amide bonds. The molecule has 0 radical (unpaired) electrons. The molecule has 1 aromatic rings. The lowest BCUT2D eigenvalue weighted by Gasteiger charge is -2.10. The number of carbonyl (C=O) groups excluding carboxylic acids is 1. The van der Waals surface area contributed by atoms with Gasteiger partial charge in [-0.2, -0.15) is 13.2 Å². The number of hydrogen-bond acceptors (Lipinski definition) is 3. The lowest BCUT2D eigenvalue weighted by Crippen LogP contribution is -2.13. The van der Waals surface area contributed by atoms with Crippen LogP contribution >= 0.6 is 0 Å². The highest BCUT2D eigenvalue weighted by atomic mass is 19.4. The Morgan fingerprint density at radius 3 is 2.59 bits per heavy atom. The van der Waals surface area contributed by atoms with Crippen LogP contribution in [0.25, 0.3) is 0 Å². The van der Waals surface area contributed by atoms with Gasteiger partial charge in [0.1, 0.15) is 0 Å². The van der Waals surface area contributed by atoms with Crippen LogP contribution in [-0.2, 0) is 6.18 Å². The maximum atomic E-state index is 12.6. The van der Waals surface area contributed by atoms with Gasteiger partial charge in [-0.1, -0.05) is 0 Å². The predicted octanol–water partition coefficient (Wildman–Crippen LogP) is 2.36. The number of pyridine rings is 1. The Morgan fingerprint density at radius 2 is 2.06 bits per heavy atom. The fourth-order valence-corrected chi connectivity index (χ4v) is 1.14. The molecule has 0 aliphatic heterocycles. The molecule has 0 N–H and O–H groups in total. The fraction of sp³-hybridized carbons (Fsp3) is 0.273. The monoisotopic (exact) mass is 244 g/mol. The van der Waals surface area contributed by atoms with Crippen molar-refractivity contribution in [1.29, 1.82) is 0 Å². The van der Waals surface area contributed by atoms with E-state index in [1.807, 2.05) is 0 Å². The van der Waals surface area contributed by atoms with Crippen molar-refractivity contribution in [2.45, 2.75) is 6.18 Å². The van der Waals surface area contributed by atoms with Crippen molar-refractivity contribution in [2.75, 3.05) is 14.1 Å². The Kier molecular flexibility index (Phi) is 3.88. The molecule has 0 saturated carbocycles. The van der Waals surface area contributed by atoms with Crippen molar-refractivity contribution in [2.24, 2.45) is 0 Å². The van der Waals surface area contributed by atoms with E-state index in [0.29, 0.717) is 0 Å². The second kappa shape index (κ2) is 4.99. The highest BCUT2D eigenvalue weighted by molar-refractivity contribution is 6.05. The zero-order valence-corrected chi connectivity index (χ0v) is 9.32. The summed E-state index contributed by atoms with van der Waals surface area (Å²) in [4.78, 5) is 16.7. The lowest BCUT2D eigenvalue weighted by atomic mass is 10.1. The summed E-state index contributed by atoms with van der Waals surface area (Å²) in [5, 5.41) is 0. The average molecular weight is 244 g/mol. The Hall–Kier alpha value is -1.85. The number of rotatable bonds is 3. The molecule has 0 saturated heterocycles. The molecule has 1 heterocycles. The molecule has 3 nitrogen and oxygen atoms in total. The predicted molar refractivity (Wildman–Crippen MR) is 56.4 cm³/mol. The molecule has 92 valence electrons. The first-order chi connectivity index (χ1) is 7.82. The number of halogens is 3. The van der Waals surface area contributed by atoms with E-state index < -0.39 is 23.1 Å². The van der Waals surface area contributed by atoms with Crippen LogP contribution in [0.3, 0.4) is 0 Å². The SMILES string of the molecule is CN(C)/C=C/C(=O)c1cnccc1C(F)(F)F. The van der Waals surface area contributed by atoms with Gasteiger partial charge in [-0.25, -0.2) is 0 Å². The Labute approximate surface area is 96.6 Å². The van der Waals surface area contributed by atoms with Gasteiger partial charge in [0.15, 0.2) is 5.78 Å². The summed E-state index contributed by atoms with van der Waals surface area (Å²) in [6.07, 6.45) is -0.165. The fourth-order valence-electron chi connectivity index (χ4n) is 1.14. The van der Waals surface area contributed by atoms with Crippen molar-refractivity contribution in [1.82, 2.24) is 9.88 Å². The third-order valence-electron chi connectivity index (χ3n) is 1.92. The summed E-state index contributed by atoms with van der Waals surface area (Å²) in [5.74, 6) is -0.723. The van der Waals surface area contributed by atoms with Crippen LogP contribution in [0, 0.1) is 0 Å². The van der Waals surface area contributed by atoms with Crippen molar-refractivity contribution >= 4 is 5.78 Å². The van der Waals surface area contributed by atoms with Gasteiger partial charge in [0.25, 0.3) is 0 Å². The van der Waals surface area contributed by atoms with Crippen LogP contribution in [0.15, 0.2) is 30.7 Å². The van der Waals surface area contributed by atoms with Crippen molar-refractivity contribution < 1.29 is 18.0 Å². The quantitative estimate of drug-likeness (QED) is 0.604. The molecule has 6 heteroatoms. The minimum absolute atomic E-state index is 0.446. The third-order valence-corrected chi connectivity index (χ3v) is 1.92. The molecular weight excluding hydrogens is 233 g/mol. The summed E-state index contributed by atoms with van der Waals surface area (Å²) in [6, 6.07) is 0.788. The normalized spacial score (nSPS) is 11.8. The highest BCUT2D eigenvalue weighted by Gasteiger charge is 2.34. The molecule has 1 rings (SSSR count). The van der Waals surface area contributed by atoms with Gasteiger partial charge in [0.05, 0.1) is 11.1 Å². The molecule has 0 aliphatic carbocycles. The van der Waals surface area contributed by atoms with Crippen molar-refractivity contribution in [3.63, 3.8) is 0 Å². The van der Waals surface area contributed by atoms with Crippen molar-refractivity contribution in [3.05, 3.63) is 41.9 Å². The zero-order valence-electron chi connectivity index (χ0n) is 9.32. The summed E-state index contributed by atoms with van der Waals surface area (Å²) in [7, 11) is 3.33. The Morgan fingerprint density at radius 1 is 1.41 bits per heavy atom. The lowest BCUT2D eigenvalue weighted by molar-refractivity contribution is -0.137. The van der Waals surface area contributed by atoms with Gasteiger partial charge in [-0.3, -0.25) is 9.78 Å². The number of carbonyl (C=O) groups is 1. The first-order valence-corrected chi connectivity index (χ1v) is 4.72. The molecule has 0 spiro atoms. The van der Waals surface area contributed by atoms with Crippen LogP contribution in [0.5, 0.6) is 0 Å². The van der Waals surface area contributed by atoms with Crippen LogP contribution < -0.4 is 0 Å². The molecular formula is C11H11F3N2O. The molecule has 0 atom stereocenters. The highest BCUT2D eigenvalue weighted by Crippen LogP contribution is 2.31. The van der Waals surface area contributed by atoms with Gasteiger partial charge < -0.3 is 4.90 Å². The third kappa shape index (κ3) is 3.58. The van der Waals surface area contributed by atoms with Crippen LogP contribution in [0.4, 0.5) is 13.2 Å². The maximum absolute atomic E-state index is 12.6. The van der Waals surface area contributed by atoms with Crippen LogP contribution in [-0.4, -0.2) is 29.8 Å². The molecule has 0 unspecified atom stereocenters. The van der Waals surface area contributed by atoms with E-state index in [1.54, 1.807) is 19.0 Å². The molecule has 0 aromatic carbocycles. The maximum Gasteiger partial charge on any atom is 0.417 e. The summed E-state index contributed by atoms with van der Waals surface area (Å²) < 4.78 is 37.8. The molecule has 0 aliphatic rings. The minimum atomic E-state index is -4.56. The molecule has 0 bridgehead atoms. The largest absolute Gasteiger partial charge is 0.417 e. The van der Waals surface area contributed by atoms with E-state index in [-0.39, 0.29) is 0 Å². The van der Waals surface area contributed by atoms with Crippen LogP contribution in [0.2, 0.25) is 0 Å². The standard InChI is InChI=1S/C11H11F3N2O/c1-16(2)6-4-10(17)8-7-15-5-3-9(8)11(12,13)14/h3-7H,1-2H3/b6-4+. The van der Waals surface area contributed by atoms with E-state index in [0.717, 1.165) is 24.5 Å². The Balaban J connectivity index is 3.10. The number of nitrogens with zero attached hydrogens (tertiary/aromatic N) is 2. The van der Waals surface area contributed by atoms with E-state index in [1.165, 1.54) is 6.20 Å². The minimum Gasteiger partial charge on any atom is -0.383 e. The number of hydrogen-bond donors (Lipinski definition) is 0. The molecule has 1 aromatic heterocycles. The second-order valence-electron chi connectivity index (χ2n) is 3.56. The van der Waals surface area contributed by atoms with Gasteiger partial charge >= 0.3 is 6.18 Å². The van der Waals surface area contributed by atoms with Crippen LogP contribution in [0.1, 0.15) is 15.9 Å². The first-order valence-electron chi connectivity index (χ1n) is 4.72. The molecule has 0 fully saturated rings. The van der Waals surface area contributed by atoms with Gasteiger partial charge in [0.2, 0.25) is 0 Å². The smallest absolute Gasteiger partial charge is 0.383 e. The number of allylic oxidation sites excluding steroid dienone is 1. The number of alkyl halides is 3. The first kappa shape index (κ1) is 13.2. The average Bonchev–Trinajstić information content (AvgIpc) is 2.24. The summed E-state index contributed by atoms with van der Waals surface area (Å²) >= 11 is 0.